The molecule has 3 aromatic carbocycles. The SMILES string of the molecule is CCOC(=O)N[C@H]1CC[C@@H]2[C@H](C1)C[C@@H]1C(=O)O[C@H](C)[C@@H]1[C@@H]2/C=C/c1ccc(-c2cccc(F)c2)cn1.CCOC(=O)N[C@H]1CC[C@H]2[C@H](C1)C[C@H]1C(=O)O[C@H](C)[C@H]1[C@@H]2/C=C/c1ccc(-c2cccc(F)c2)cn1.CCOC(=O)N[C@H]1CC[C@H]2[C@H](C1)C[C@H]1C(=O)O[C@H](C)[C@H]1[C@H]2/C=C/c1ccc(-c2cccc(F)c2)cn1. The van der Waals surface area contributed by atoms with Gasteiger partial charge >= 0.3 is 36.2 Å². The lowest BCUT2D eigenvalue weighted by Gasteiger charge is -2.47. The molecule has 18 nitrogen and oxygen atoms in total. The smallest absolute Gasteiger partial charge is 0.407 e. The first kappa shape index (κ1) is 76.5. The molecular formula is C87H99F3N6O12. The summed E-state index contributed by atoms with van der Waals surface area (Å²) in [6.45, 7) is 12.5. The van der Waals surface area contributed by atoms with Crippen LogP contribution in [0.3, 0.4) is 0 Å². The van der Waals surface area contributed by atoms with Crippen molar-refractivity contribution in [1.29, 1.82) is 0 Å². The van der Waals surface area contributed by atoms with Crippen LogP contribution in [0.15, 0.2) is 146 Å². The molecule has 0 unspecified atom stereocenters. The molecule has 3 aromatic heterocycles. The van der Waals surface area contributed by atoms with E-state index in [9.17, 15) is 41.9 Å². The summed E-state index contributed by atoms with van der Waals surface area (Å²) in [5.41, 5.74) is 7.43. The number of fused-ring (bicyclic) bond motifs is 6. The standard InChI is InChI=1S/3C29H33FN2O4/c3*1-3-35-29(34)32-23-10-11-24-20(14-23)15-26-27(17(2)36-28(26)33)25(24)12-9-22-8-7-19(16-31-22)18-5-4-6-21(30)13-18/h3*4-9,12-13,16-17,20,23-27H,3,10-11,14-15H2,1-2H3,(H,32,34)/b3*12-9+/t17-,20-,23+,24+,25+,26-,27+;17-,20-,23+,24+,25-,26-,27+;17-,20-,23+,24-,25-,26+,27-/m111/s1. The highest BCUT2D eigenvalue weighted by atomic mass is 19.1. The van der Waals surface area contributed by atoms with Crippen molar-refractivity contribution >= 4 is 54.4 Å². The summed E-state index contributed by atoms with van der Waals surface area (Å²) < 4.78 is 73.0. The van der Waals surface area contributed by atoms with E-state index in [2.05, 4.69) is 49.1 Å². The summed E-state index contributed by atoms with van der Waals surface area (Å²) in [6.07, 6.45) is 27.2. The molecule has 6 aliphatic carbocycles. The number of carbonyl (C=O) groups excluding carboxylic acids is 6. The van der Waals surface area contributed by atoms with Gasteiger partial charge < -0.3 is 44.4 Å². The van der Waals surface area contributed by atoms with Crippen LogP contribution in [-0.4, -0.2) is 107 Å². The number of alkyl carbamates (subject to hydrolysis) is 3. The monoisotopic (exact) mass is 1480 g/mol. The van der Waals surface area contributed by atoms with Gasteiger partial charge in [-0.05, 0) is 261 Å². The Labute approximate surface area is 630 Å². The van der Waals surface area contributed by atoms with E-state index in [0.29, 0.717) is 55.3 Å². The first-order valence-corrected chi connectivity index (χ1v) is 38.9. The second-order valence-corrected chi connectivity index (χ2v) is 30.8. The number of hydrogen-bond acceptors (Lipinski definition) is 15. The van der Waals surface area contributed by atoms with Crippen LogP contribution in [-0.2, 0) is 42.8 Å². The number of halogens is 3. The number of esters is 3. The Kier molecular flexibility index (Phi) is 24.6. The largest absolute Gasteiger partial charge is 0.462 e. The first-order valence-electron chi connectivity index (χ1n) is 38.9. The number of cyclic esters (lactones) is 3. The highest BCUT2D eigenvalue weighted by molar-refractivity contribution is 5.78. The minimum absolute atomic E-state index is 0.0679. The molecule has 0 bridgehead atoms. The fourth-order valence-electron chi connectivity index (χ4n) is 19.9. The lowest BCUT2D eigenvalue weighted by Crippen LogP contribution is -2.48. The highest BCUT2D eigenvalue weighted by Gasteiger charge is 2.58. The molecule has 15 rings (SSSR count). The quantitative estimate of drug-likeness (QED) is 0.0641. The molecule has 3 aliphatic heterocycles. The summed E-state index contributed by atoms with van der Waals surface area (Å²) in [5.74, 6) is 1.89. The Bertz CT molecular complexity index is 3830. The van der Waals surface area contributed by atoms with Gasteiger partial charge in [-0.15, -0.1) is 0 Å². The van der Waals surface area contributed by atoms with Crippen LogP contribution in [0.1, 0.15) is 136 Å². The van der Waals surface area contributed by atoms with Crippen molar-refractivity contribution in [2.24, 2.45) is 88.8 Å². The third-order valence-electron chi connectivity index (χ3n) is 24.5. The Balaban J connectivity index is 0.000000143. The van der Waals surface area contributed by atoms with E-state index in [-0.39, 0.29) is 143 Å². The average Bonchev–Trinajstić information content (AvgIpc) is 1.54. The molecule has 0 radical (unpaired) electrons. The van der Waals surface area contributed by atoms with Gasteiger partial charge in [-0.25, -0.2) is 27.6 Å². The van der Waals surface area contributed by atoms with Crippen LogP contribution < -0.4 is 16.0 Å². The topological polar surface area (TPSA) is 233 Å². The number of nitrogens with one attached hydrogen (secondary N) is 3. The number of benzene rings is 3. The summed E-state index contributed by atoms with van der Waals surface area (Å²) in [6, 6.07) is 31.3. The minimum Gasteiger partial charge on any atom is -0.462 e. The van der Waals surface area contributed by atoms with Crippen LogP contribution in [0.25, 0.3) is 51.6 Å². The van der Waals surface area contributed by atoms with Crippen molar-refractivity contribution < 1.29 is 70.4 Å². The van der Waals surface area contributed by atoms with E-state index >= 15 is 0 Å². The molecule has 108 heavy (non-hydrogen) atoms. The number of amides is 3. The molecule has 6 heterocycles. The van der Waals surface area contributed by atoms with Gasteiger partial charge in [-0.2, -0.15) is 0 Å². The zero-order valence-electron chi connectivity index (χ0n) is 62.2. The Morgan fingerprint density at radius 3 is 0.944 bits per heavy atom. The number of hydrogen-bond donors (Lipinski definition) is 3. The predicted octanol–water partition coefficient (Wildman–Crippen LogP) is 16.9. The van der Waals surface area contributed by atoms with Crippen molar-refractivity contribution in [2.45, 2.75) is 155 Å². The van der Waals surface area contributed by atoms with Gasteiger partial charge in [0.05, 0.1) is 54.7 Å². The molecule has 0 spiro atoms. The zero-order chi connectivity index (χ0) is 75.7. The molecular weight excluding hydrogens is 1380 g/mol. The number of pyridine rings is 3. The number of aromatic nitrogens is 3. The first-order chi connectivity index (χ1) is 52.3. The normalized spacial score (nSPS) is 31.4. The van der Waals surface area contributed by atoms with Crippen molar-refractivity contribution in [3.8, 4) is 33.4 Å². The molecule has 21 heteroatoms. The van der Waals surface area contributed by atoms with E-state index in [0.717, 1.165) is 128 Å². The van der Waals surface area contributed by atoms with Crippen LogP contribution in [0.2, 0.25) is 0 Å². The zero-order valence-corrected chi connectivity index (χ0v) is 62.2. The number of allylic oxidation sites excluding steroid dienone is 3. The van der Waals surface area contributed by atoms with Crippen LogP contribution in [0.5, 0.6) is 0 Å². The Morgan fingerprint density at radius 1 is 0.407 bits per heavy atom. The maximum atomic E-state index is 13.6. The predicted molar refractivity (Wildman–Crippen MR) is 402 cm³/mol. The van der Waals surface area contributed by atoms with E-state index in [1.54, 1.807) is 57.6 Å². The van der Waals surface area contributed by atoms with Gasteiger partial charge in [-0.3, -0.25) is 29.3 Å². The number of rotatable bonds is 15. The van der Waals surface area contributed by atoms with Crippen molar-refractivity contribution in [1.82, 2.24) is 30.9 Å². The van der Waals surface area contributed by atoms with Crippen molar-refractivity contribution in [2.75, 3.05) is 19.8 Å². The molecule has 9 fully saturated rings. The van der Waals surface area contributed by atoms with E-state index in [4.69, 9.17) is 28.4 Å². The second kappa shape index (κ2) is 34.7. The fourth-order valence-corrected chi connectivity index (χ4v) is 19.9. The molecule has 21 atom stereocenters. The van der Waals surface area contributed by atoms with Crippen LogP contribution in [0, 0.1) is 106 Å². The number of nitrogens with zero attached hydrogens (tertiary/aromatic N) is 3. The number of ether oxygens (including phenoxy) is 6. The van der Waals surface area contributed by atoms with Gasteiger partial charge in [0.2, 0.25) is 0 Å². The maximum Gasteiger partial charge on any atom is 0.407 e. The molecule has 570 valence electrons. The lowest BCUT2D eigenvalue weighted by atomic mass is 9.57. The van der Waals surface area contributed by atoms with E-state index in [1.807, 2.05) is 93.6 Å². The lowest BCUT2D eigenvalue weighted by molar-refractivity contribution is -0.145. The molecule has 6 saturated carbocycles. The van der Waals surface area contributed by atoms with Gasteiger partial charge in [0, 0.05) is 71.2 Å². The third kappa shape index (κ3) is 17.9. The maximum absolute atomic E-state index is 13.6. The van der Waals surface area contributed by atoms with Gasteiger partial charge in [0.1, 0.15) is 35.8 Å². The molecule has 6 aromatic rings. The summed E-state index contributed by atoms with van der Waals surface area (Å²) in [4.78, 5) is 87.7. The van der Waals surface area contributed by atoms with E-state index < -0.39 is 0 Å². The molecule has 3 amide bonds. The third-order valence-corrected chi connectivity index (χ3v) is 24.5. The van der Waals surface area contributed by atoms with Crippen LogP contribution in [0.4, 0.5) is 27.6 Å². The summed E-state index contributed by atoms with van der Waals surface area (Å²) in [7, 11) is 0. The van der Waals surface area contributed by atoms with Gasteiger partial charge in [-0.1, -0.05) is 72.8 Å². The van der Waals surface area contributed by atoms with Gasteiger partial charge in [0.25, 0.3) is 0 Å². The average molecular weight is 1480 g/mol. The molecule has 3 N–H and O–H groups in total. The Morgan fingerprint density at radius 2 is 0.694 bits per heavy atom. The highest BCUT2D eigenvalue weighted by Crippen LogP contribution is 2.57. The van der Waals surface area contributed by atoms with Crippen molar-refractivity contribution in [3.05, 3.63) is 181 Å². The summed E-state index contributed by atoms with van der Waals surface area (Å²) >= 11 is 0. The molecule has 3 saturated heterocycles. The molecule has 9 aliphatic rings. The Hall–Kier alpha value is -9.66. The summed E-state index contributed by atoms with van der Waals surface area (Å²) in [5, 5.41) is 9.00. The fraction of sp³-hybridized carbons (Fsp3) is 0.483. The minimum atomic E-state index is -0.368. The van der Waals surface area contributed by atoms with E-state index in [1.165, 1.54) is 36.4 Å². The van der Waals surface area contributed by atoms with Crippen molar-refractivity contribution in [3.63, 3.8) is 0 Å². The second-order valence-electron chi connectivity index (χ2n) is 30.8. The van der Waals surface area contributed by atoms with Crippen LogP contribution >= 0.6 is 0 Å². The van der Waals surface area contributed by atoms with Gasteiger partial charge in [0.15, 0.2) is 0 Å². The number of carbonyl (C=O) groups is 6.